The number of carbonyl (C=O) groups is 1. The topological polar surface area (TPSA) is 96.5 Å². The first-order valence-electron chi connectivity index (χ1n) is 9.88. The number of amides is 1. The second-order valence-corrected chi connectivity index (χ2v) is 11.0. The summed E-state index contributed by atoms with van der Waals surface area (Å²) >= 11 is 8.17. The predicted molar refractivity (Wildman–Crippen MR) is 134 cm³/mol. The maximum Gasteiger partial charge on any atom is 0.264 e. The van der Waals surface area contributed by atoms with Gasteiger partial charge in [0, 0.05) is 18.1 Å². The fraction of sp³-hybridized carbons (Fsp3) is 0.364. The molecule has 0 aliphatic heterocycles. The number of nitrogens with one attached hydrogen (secondary N) is 3. The van der Waals surface area contributed by atoms with Gasteiger partial charge in [0.25, 0.3) is 15.9 Å². The van der Waals surface area contributed by atoms with Crippen molar-refractivity contribution in [2.24, 2.45) is 0 Å². The number of thiocarbonyl (C=S) groups is 1. The van der Waals surface area contributed by atoms with Gasteiger partial charge in [-0.3, -0.25) is 9.52 Å². The van der Waals surface area contributed by atoms with E-state index in [1.807, 2.05) is 12.1 Å². The van der Waals surface area contributed by atoms with Crippen molar-refractivity contribution in [3.05, 3.63) is 57.6 Å². The van der Waals surface area contributed by atoms with E-state index in [0.717, 1.165) is 11.1 Å². The van der Waals surface area contributed by atoms with Crippen LogP contribution >= 0.6 is 28.1 Å². The number of benzene rings is 2. The lowest BCUT2D eigenvalue weighted by molar-refractivity contribution is 0.0951. The number of halogens is 1. The summed E-state index contributed by atoms with van der Waals surface area (Å²) < 4.78 is 33.2. The van der Waals surface area contributed by atoms with Crippen LogP contribution in [0.15, 0.2) is 45.8 Å². The van der Waals surface area contributed by atoms with Crippen LogP contribution in [0, 0.1) is 0 Å². The molecule has 0 aromatic heterocycles. The minimum Gasteiger partial charge on any atom is -0.496 e. The van der Waals surface area contributed by atoms with Crippen molar-refractivity contribution in [1.82, 2.24) is 15.4 Å². The molecule has 0 saturated heterocycles. The molecule has 2 rings (SSSR count). The largest absolute Gasteiger partial charge is 0.496 e. The van der Waals surface area contributed by atoms with Gasteiger partial charge in [0.1, 0.15) is 10.6 Å². The van der Waals surface area contributed by atoms with Crippen molar-refractivity contribution in [1.29, 1.82) is 0 Å². The maximum absolute atomic E-state index is 12.8. The third kappa shape index (κ3) is 6.66. The van der Waals surface area contributed by atoms with Gasteiger partial charge >= 0.3 is 0 Å². The van der Waals surface area contributed by atoms with Crippen LogP contribution in [0.1, 0.15) is 42.3 Å². The van der Waals surface area contributed by atoms with Crippen LogP contribution in [-0.2, 0) is 21.9 Å². The Morgan fingerprint density at radius 3 is 2.44 bits per heavy atom. The molecular formula is C22H28BrN3O4S2. The normalized spacial score (nSPS) is 11.6. The van der Waals surface area contributed by atoms with Gasteiger partial charge in [-0.25, -0.2) is 8.42 Å². The second kappa shape index (κ2) is 10.6. The average molecular weight is 543 g/mol. The molecule has 0 spiro atoms. The number of hydrogen-bond acceptors (Lipinski definition) is 5. The zero-order valence-electron chi connectivity index (χ0n) is 18.7. The molecule has 0 heterocycles. The molecule has 0 unspecified atom stereocenters. The van der Waals surface area contributed by atoms with Crippen LogP contribution in [0.5, 0.6) is 5.75 Å². The Morgan fingerprint density at radius 2 is 1.84 bits per heavy atom. The Bertz CT molecular complexity index is 1110. The van der Waals surface area contributed by atoms with E-state index in [0.29, 0.717) is 28.8 Å². The van der Waals surface area contributed by atoms with Gasteiger partial charge in [0.2, 0.25) is 0 Å². The van der Waals surface area contributed by atoms with Crippen LogP contribution in [0.25, 0.3) is 0 Å². The van der Waals surface area contributed by atoms with Crippen molar-refractivity contribution in [3.63, 3.8) is 0 Å². The number of ether oxygens (including phenoxy) is 1. The lowest BCUT2D eigenvalue weighted by Crippen LogP contribution is -2.37. The molecule has 10 heteroatoms. The summed E-state index contributed by atoms with van der Waals surface area (Å²) in [4.78, 5) is 12.9. The summed E-state index contributed by atoms with van der Waals surface area (Å²) in [6.07, 6.45) is 0.444. The third-order valence-corrected chi connectivity index (χ3v) is 7.53. The van der Waals surface area contributed by atoms with Gasteiger partial charge in [-0.2, -0.15) is 0 Å². The molecule has 174 valence electrons. The van der Waals surface area contributed by atoms with Gasteiger partial charge in [-0.05, 0) is 75.4 Å². The molecule has 32 heavy (non-hydrogen) atoms. The first-order chi connectivity index (χ1) is 14.9. The number of hydrogen-bond donors (Lipinski definition) is 3. The van der Waals surface area contributed by atoms with Gasteiger partial charge in [0.05, 0.1) is 12.7 Å². The highest BCUT2D eigenvalue weighted by Gasteiger charge is 2.21. The van der Waals surface area contributed by atoms with E-state index in [1.165, 1.54) is 14.2 Å². The summed E-state index contributed by atoms with van der Waals surface area (Å²) in [7, 11) is -0.780. The Morgan fingerprint density at radius 1 is 1.16 bits per heavy atom. The van der Waals surface area contributed by atoms with E-state index in [9.17, 15) is 13.2 Å². The van der Waals surface area contributed by atoms with Crippen molar-refractivity contribution >= 4 is 49.2 Å². The second-order valence-electron chi connectivity index (χ2n) is 8.12. The minimum atomic E-state index is -3.84. The summed E-state index contributed by atoms with van der Waals surface area (Å²) in [5, 5.41) is 5.47. The van der Waals surface area contributed by atoms with Crippen LogP contribution in [-0.4, -0.2) is 40.1 Å². The standard InChI is InChI=1S/C22H28BrN3O4S2/c1-22(2,3)15-7-9-18(30-5)16(13-15)20(27)25-11-10-14-6-8-17(23)19(12-14)32(28,29)26-21(31)24-4/h6-9,12-13H,10-11H2,1-5H3,(H,25,27)(H2,24,26,31). The Kier molecular flexibility index (Phi) is 8.67. The molecule has 0 radical (unpaired) electrons. The Hall–Kier alpha value is -2.17. The lowest BCUT2D eigenvalue weighted by atomic mass is 9.86. The molecule has 0 fully saturated rings. The van der Waals surface area contributed by atoms with Crippen LogP contribution in [0.3, 0.4) is 0 Å². The molecule has 7 nitrogen and oxygen atoms in total. The first-order valence-corrected chi connectivity index (χ1v) is 12.6. The van der Waals surface area contributed by atoms with Gasteiger partial charge in [-0.1, -0.05) is 32.9 Å². The zero-order valence-corrected chi connectivity index (χ0v) is 21.9. The highest BCUT2D eigenvalue weighted by atomic mass is 79.9. The number of methoxy groups -OCH3 is 1. The van der Waals surface area contributed by atoms with Crippen molar-refractivity contribution < 1.29 is 17.9 Å². The smallest absolute Gasteiger partial charge is 0.264 e. The van der Waals surface area contributed by atoms with E-state index in [-0.39, 0.29) is 21.3 Å². The van der Waals surface area contributed by atoms with Gasteiger partial charge < -0.3 is 15.4 Å². The molecule has 0 aliphatic rings. The quantitative estimate of drug-likeness (QED) is 0.464. The van der Waals surface area contributed by atoms with E-state index < -0.39 is 10.0 Å². The SMILES string of the molecule is CNC(=S)NS(=O)(=O)c1cc(CCNC(=O)c2cc(C(C)(C)C)ccc2OC)ccc1Br. The van der Waals surface area contributed by atoms with E-state index in [4.69, 9.17) is 17.0 Å². The predicted octanol–water partition coefficient (Wildman–Crippen LogP) is 3.51. The van der Waals surface area contributed by atoms with Crippen LogP contribution in [0.2, 0.25) is 0 Å². The van der Waals surface area contributed by atoms with E-state index in [1.54, 1.807) is 24.3 Å². The molecule has 0 bridgehead atoms. The van der Waals surface area contributed by atoms with Crippen molar-refractivity contribution in [2.75, 3.05) is 20.7 Å². The highest BCUT2D eigenvalue weighted by Crippen LogP contribution is 2.28. The number of rotatable bonds is 7. The Labute approximate surface area is 203 Å². The van der Waals surface area contributed by atoms with Crippen LogP contribution < -0.4 is 20.1 Å². The molecule has 1 amide bonds. The van der Waals surface area contributed by atoms with Crippen LogP contribution in [0.4, 0.5) is 0 Å². The minimum absolute atomic E-state index is 0.000927. The maximum atomic E-state index is 12.8. The average Bonchev–Trinajstić information content (AvgIpc) is 2.73. The molecule has 3 N–H and O–H groups in total. The summed E-state index contributed by atoms with van der Waals surface area (Å²) in [5.41, 5.74) is 2.13. The molecule has 2 aromatic rings. The first kappa shape index (κ1) is 26.1. The van der Waals surface area contributed by atoms with Crippen molar-refractivity contribution in [3.8, 4) is 5.75 Å². The molecule has 0 aliphatic carbocycles. The highest BCUT2D eigenvalue weighted by molar-refractivity contribution is 9.10. The third-order valence-electron chi connectivity index (χ3n) is 4.75. The van der Waals surface area contributed by atoms with Gasteiger partial charge in [0.15, 0.2) is 5.11 Å². The summed E-state index contributed by atoms with van der Waals surface area (Å²) in [6, 6.07) is 10.6. The molecular weight excluding hydrogens is 514 g/mol. The van der Waals surface area contributed by atoms with Crippen molar-refractivity contribution in [2.45, 2.75) is 37.5 Å². The molecule has 0 saturated carbocycles. The van der Waals surface area contributed by atoms with E-state index in [2.05, 4.69) is 52.1 Å². The fourth-order valence-corrected chi connectivity index (χ4v) is 5.21. The summed E-state index contributed by atoms with van der Waals surface area (Å²) in [5.74, 6) is 0.248. The monoisotopic (exact) mass is 541 g/mol. The molecule has 0 atom stereocenters. The fourth-order valence-electron chi connectivity index (χ4n) is 2.90. The molecule has 2 aromatic carbocycles. The summed E-state index contributed by atoms with van der Waals surface area (Å²) in [6.45, 7) is 6.56. The Balaban J connectivity index is 2.14. The zero-order chi connectivity index (χ0) is 24.1. The number of sulfonamides is 1. The van der Waals surface area contributed by atoms with Gasteiger partial charge in [-0.15, -0.1) is 0 Å². The number of carbonyl (C=O) groups excluding carboxylic acids is 1. The van der Waals surface area contributed by atoms with E-state index >= 15 is 0 Å². The lowest BCUT2D eigenvalue weighted by Gasteiger charge is -2.21.